The molecule has 0 saturated heterocycles. The monoisotopic (exact) mass is 318 g/mol. The smallest absolute Gasteiger partial charge is 0.265 e. The van der Waals surface area contributed by atoms with Gasteiger partial charge in [0.1, 0.15) is 9.88 Å². The average Bonchev–Trinajstić information content (AvgIpc) is 3.18. The quantitative estimate of drug-likeness (QED) is 0.803. The van der Waals surface area contributed by atoms with Crippen LogP contribution in [0.4, 0.5) is 0 Å². The highest BCUT2D eigenvalue weighted by atomic mass is 32.1. The standard InChI is InChI=1S/C14H14N4OS2/c1-9-12(21-13(17-9)11-3-4-20-8-11)14(19)18(2)7-10-5-15-16-6-10/h3-6,8H,7H2,1-2H3,(H,15,16). The fourth-order valence-corrected chi connectivity index (χ4v) is 3.76. The van der Waals surface area contributed by atoms with Crippen LogP contribution in [-0.4, -0.2) is 33.0 Å². The number of nitrogens with zero attached hydrogens (tertiary/aromatic N) is 3. The molecule has 108 valence electrons. The van der Waals surface area contributed by atoms with Gasteiger partial charge >= 0.3 is 0 Å². The van der Waals surface area contributed by atoms with Crippen LogP contribution in [0, 0.1) is 6.92 Å². The summed E-state index contributed by atoms with van der Waals surface area (Å²) in [5.74, 6) is -0.00678. The number of aromatic amines is 1. The van der Waals surface area contributed by atoms with Crippen molar-refractivity contribution in [2.75, 3.05) is 7.05 Å². The van der Waals surface area contributed by atoms with Crippen LogP contribution in [0.2, 0.25) is 0 Å². The molecule has 5 nitrogen and oxygen atoms in total. The largest absolute Gasteiger partial charge is 0.337 e. The molecule has 1 amide bonds. The number of amides is 1. The first kappa shape index (κ1) is 14.0. The van der Waals surface area contributed by atoms with Crippen molar-refractivity contribution in [1.82, 2.24) is 20.1 Å². The minimum atomic E-state index is -0.00678. The van der Waals surface area contributed by atoms with Crippen molar-refractivity contribution in [3.8, 4) is 10.6 Å². The number of hydrogen-bond donors (Lipinski definition) is 1. The predicted octanol–water partition coefficient (Wildman–Crippen LogP) is 3.18. The molecule has 3 heterocycles. The van der Waals surface area contributed by atoms with Gasteiger partial charge in [0, 0.05) is 36.3 Å². The third-order valence-electron chi connectivity index (χ3n) is 3.08. The Bertz CT molecular complexity index is 731. The lowest BCUT2D eigenvalue weighted by Crippen LogP contribution is -2.25. The molecule has 0 atom stereocenters. The first-order chi connectivity index (χ1) is 10.1. The van der Waals surface area contributed by atoms with E-state index in [4.69, 9.17) is 0 Å². The minimum Gasteiger partial charge on any atom is -0.337 e. The molecule has 0 radical (unpaired) electrons. The Balaban J connectivity index is 1.81. The summed E-state index contributed by atoms with van der Waals surface area (Å²) in [5, 5.41) is 11.6. The number of thiophene rings is 1. The van der Waals surface area contributed by atoms with E-state index in [9.17, 15) is 4.79 Å². The minimum absolute atomic E-state index is 0.00678. The highest BCUT2D eigenvalue weighted by molar-refractivity contribution is 7.17. The lowest BCUT2D eigenvalue weighted by atomic mass is 10.3. The summed E-state index contributed by atoms with van der Waals surface area (Å²) in [5.41, 5.74) is 2.83. The summed E-state index contributed by atoms with van der Waals surface area (Å²) in [4.78, 5) is 19.4. The fraction of sp³-hybridized carbons (Fsp3) is 0.214. The number of nitrogens with one attached hydrogen (secondary N) is 1. The molecule has 0 aromatic carbocycles. The Morgan fingerprint density at radius 2 is 2.33 bits per heavy atom. The number of thiazole rings is 1. The first-order valence-electron chi connectivity index (χ1n) is 6.38. The first-order valence-corrected chi connectivity index (χ1v) is 8.14. The van der Waals surface area contributed by atoms with Crippen molar-refractivity contribution in [2.24, 2.45) is 0 Å². The maximum atomic E-state index is 12.5. The molecule has 21 heavy (non-hydrogen) atoms. The third-order valence-corrected chi connectivity index (χ3v) is 4.96. The lowest BCUT2D eigenvalue weighted by molar-refractivity contribution is 0.0789. The van der Waals surface area contributed by atoms with Crippen molar-refractivity contribution in [3.05, 3.63) is 45.4 Å². The maximum Gasteiger partial charge on any atom is 0.265 e. The normalized spacial score (nSPS) is 10.8. The summed E-state index contributed by atoms with van der Waals surface area (Å²) in [6.45, 7) is 2.41. The van der Waals surface area contributed by atoms with E-state index < -0.39 is 0 Å². The van der Waals surface area contributed by atoms with E-state index in [0.717, 1.165) is 21.8 Å². The molecule has 0 unspecified atom stereocenters. The zero-order chi connectivity index (χ0) is 14.8. The number of H-pyrrole nitrogens is 1. The summed E-state index contributed by atoms with van der Waals surface area (Å²) in [7, 11) is 1.79. The fourth-order valence-electron chi connectivity index (χ4n) is 1.99. The average molecular weight is 318 g/mol. The van der Waals surface area contributed by atoms with Crippen LogP contribution in [0.5, 0.6) is 0 Å². The van der Waals surface area contributed by atoms with Gasteiger partial charge in [-0.3, -0.25) is 9.89 Å². The second kappa shape index (κ2) is 5.79. The molecule has 0 aliphatic heterocycles. The Labute approximate surface area is 130 Å². The van der Waals surface area contributed by atoms with Gasteiger partial charge in [-0.2, -0.15) is 16.4 Å². The van der Waals surface area contributed by atoms with Crippen LogP contribution in [-0.2, 0) is 6.54 Å². The van der Waals surface area contributed by atoms with Crippen molar-refractivity contribution in [2.45, 2.75) is 13.5 Å². The van der Waals surface area contributed by atoms with Crippen LogP contribution in [0.3, 0.4) is 0 Å². The zero-order valence-electron chi connectivity index (χ0n) is 11.7. The van der Waals surface area contributed by atoms with Gasteiger partial charge in [-0.15, -0.1) is 11.3 Å². The van der Waals surface area contributed by atoms with Gasteiger partial charge in [-0.05, 0) is 18.4 Å². The second-order valence-electron chi connectivity index (χ2n) is 4.71. The highest BCUT2D eigenvalue weighted by Crippen LogP contribution is 2.30. The molecule has 0 fully saturated rings. The van der Waals surface area contributed by atoms with Gasteiger partial charge in [0.2, 0.25) is 0 Å². The van der Waals surface area contributed by atoms with E-state index in [-0.39, 0.29) is 5.91 Å². The van der Waals surface area contributed by atoms with Gasteiger partial charge in [0.05, 0.1) is 11.9 Å². The van der Waals surface area contributed by atoms with E-state index in [0.29, 0.717) is 11.4 Å². The molecular weight excluding hydrogens is 304 g/mol. The van der Waals surface area contributed by atoms with Crippen molar-refractivity contribution in [1.29, 1.82) is 0 Å². The number of aryl methyl sites for hydroxylation is 1. The van der Waals surface area contributed by atoms with Crippen LogP contribution in [0.1, 0.15) is 20.9 Å². The van der Waals surface area contributed by atoms with E-state index in [2.05, 4.69) is 15.2 Å². The van der Waals surface area contributed by atoms with Crippen LogP contribution < -0.4 is 0 Å². The topological polar surface area (TPSA) is 61.9 Å². The second-order valence-corrected chi connectivity index (χ2v) is 6.49. The van der Waals surface area contributed by atoms with Gasteiger partial charge in [0.15, 0.2) is 0 Å². The number of hydrogen-bond acceptors (Lipinski definition) is 5. The van der Waals surface area contributed by atoms with E-state index >= 15 is 0 Å². The molecule has 1 N–H and O–H groups in total. The molecule has 3 rings (SSSR count). The summed E-state index contributed by atoms with van der Waals surface area (Å²) < 4.78 is 0. The van der Waals surface area contributed by atoms with Gasteiger partial charge in [-0.1, -0.05) is 0 Å². The molecule has 3 aromatic rings. The van der Waals surface area contributed by atoms with Crippen molar-refractivity contribution in [3.63, 3.8) is 0 Å². The van der Waals surface area contributed by atoms with Crippen molar-refractivity contribution >= 4 is 28.6 Å². The number of carbonyl (C=O) groups is 1. The molecule has 0 aliphatic carbocycles. The van der Waals surface area contributed by atoms with Gasteiger partial charge in [0.25, 0.3) is 5.91 Å². The van der Waals surface area contributed by atoms with Crippen LogP contribution in [0.15, 0.2) is 29.2 Å². The summed E-state index contributed by atoms with van der Waals surface area (Å²) in [6.07, 6.45) is 3.51. The lowest BCUT2D eigenvalue weighted by Gasteiger charge is -2.15. The Hall–Kier alpha value is -1.99. The zero-order valence-corrected chi connectivity index (χ0v) is 13.3. The molecule has 0 bridgehead atoms. The van der Waals surface area contributed by atoms with E-state index in [1.165, 1.54) is 11.3 Å². The summed E-state index contributed by atoms with van der Waals surface area (Å²) >= 11 is 3.08. The molecule has 7 heteroatoms. The molecular formula is C14H14N4OS2. The molecule has 0 saturated carbocycles. The van der Waals surface area contributed by atoms with Gasteiger partial charge in [-0.25, -0.2) is 4.98 Å². The molecule has 0 spiro atoms. The maximum absolute atomic E-state index is 12.5. The molecule has 3 aromatic heterocycles. The third kappa shape index (κ3) is 2.88. The number of aromatic nitrogens is 3. The number of rotatable bonds is 4. The number of carbonyl (C=O) groups excluding carboxylic acids is 1. The van der Waals surface area contributed by atoms with E-state index in [1.807, 2.05) is 23.8 Å². The van der Waals surface area contributed by atoms with Gasteiger partial charge < -0.3 is 4.90 Å². The predicted molar refractivity (Wildman–Crippen MR) is 84.5 cm³/mol. The summed E-state index contributed by atoms with van der Waals surface area (Å²) in [6, 6.07) is 2.02. The van der Waals surface area contributed by atoms with E-state index in [1.54, 1.807) is 35.7 Å². The Morgan fingerprint density at radius 3 is 3.00 bits per heavy atom. The SMILES string of the molecule is Cc1nc(-c2ccsc2)sc1C(=O)N(C)Cc1cn[nH]c1. The van der Waals surface area contributed by atoms with Crippen LogP contribution in [0.25, 0.3) is 10.6 Å². The highest BCUT2D eigenvalue weighted by Gasteiger charge is 2.20. The van der Waals surface area contributed by atoms with Crippen molar-refractivity contribution < 1.29 is 4.79 Å². The molecule has 0 aliphatic rings. The van der Waals surface area contributed by atoms with Crippen LogP contribution >= 0.6 is 22.7 Å². The Morgan fingerprint density at radius 1 is 1.48 bits per heavy atom. The Kier molecular flexibility index (Phi) is 3.85.